The van der Waals surface area contributed by atoms with Gasteiger partial charge in [0.25, 0.3) is 5.91 Å². The Balaban J connectivity index is 1.54. The van der Waals surface area contributed by atoms with Crippen molar-refractivity contribution in [1.29, 1.82) is 0 Å². The third-order valence-corrected chi connectivity index (χ3v) is 4.31. The molecule has 0 bridgehead atoms. The molecule has 26 heavy (non-hydrogen) atoms. The number of esters is 1. The molecule has 0 aliphatic rings. The number of amides is 1. The lowest BCUT2D eigenvalue weighted by Crippen LogP contribution is -2.12. The summed E-state index contributed by atoms with van der Waals surface area (Å²) in [7, 11) is 0. The molecule has 6 heteroatoms. The summed E-state index contributed by atoms with van der Waals surface area (Å²) in [6.07, 6.45) is 2.29. The molecule has 3 aromatic rings. The second-order valence-corrected chi connectivity index (χ2v) is 6.37. The molecular formula is C20H16BrNO4. The van der Waals surface area contributed by atoms with E-state index in [0.717, 1.165) is 10.2 Å². The first-order valence-electron chi connectivity index (χ1n) is 8.01. The van der Waals surface area contributed by atoms with Crippen molar-refractivity contribution in [3.8, 4) is 5.75 Å². The number of hydrogen-bond donors (Lipinski definition) is 1. The molecule has 0 saturated carbocycles. The summed E-state index contributed by atoms with van der Waals surface area (Å²) in [5, 5.41) is 2.80. The molecule has 0 atom stereocenters. The smallest absolute Gasteiger partial charge is 0.311 e. The highest BCUT2D eigenvalue weighted by Gasteiger charge is 2.10. The molecule has 0 radical (unpaired) electrons. The van der Waals surface area contributed by atoms with Crippen molar-refractivity contribution in [2.24, 2.45) is 0 Å². The lowest BCUT2D eigenvalue weighted by Gasteiger charge is -2.08. The summed E-state index contributed by atoms with van der Waals surface area (Å²) in [5.41, 5.74) is 1.15. The number of carbonyl (C=O) groups is 2. The number of ether oxygens (including phenoxy) is 1. The third-order valence-electron chi connectivity index (χ3n) is 3.62. The number of rotatable bonds is 6. The van der Waals surface area contributed by atoms with Crippen molar-refractivity contribution >= 4 is 33.5 Å². The number of hydrogen-bond acceptors (Lipinski definition) is 4. The highest BCUT2D eigenvalue weighted by atomic mass is 79.9. The Bertz CT molecular complexity index is 888. The van der Waals surface area contributed by atoms with E-state index in [1.54, 1.807) is 54.8 Å². The predicted octanol–water partition coefficient (Wildman–Crippen LogP) is 4.83. The number of aryl methyl sites for hydroxylation is 1. The first-order valence-corrected chi connectivity index (χ1v) is 8.80. The zero-order valence-electron chi connectivity index (χ0n) is 13.8. The van der Waals surface area contributed by atoms with Crippen molar-refractivity contribution in [3.05, 3.63) is 82.7 Å². The highest BCUT2D eigenvalue weighted by Crippen LogP contribution is 2.20. The van der Waals surface area contributed by atoms with Gasteiger partial charge in [0.15, 0.2) is 0 Å². The van der Waals surface area contributed by atoms with E-state index >= 15 is 0 Å². The Labute approximate surface area is 159 Å². The summed E-state index contributed by atoms with van der Waals surface area (Å²) >= 11 is 3.35. The highest BCUT2D eigenvalue weighted by molar-refractivity contribution is 9.10. The Morgan fingerprint density at radius 3 is 2.46 bits per heavy atom. The number of carbonyl (C=O) groups excluding carboxylic acids is 2. The Kier molecular flexibility index (Phi) is 5.86. The SMILES string of the molecule is O=C(CCc1ccco1)Oc1ccc(NC(=O)c2ccccc2Br)cc1. The van der Waals surface area contributed by atoms with Gasteiger partial charge in [0.1, 0.15) is 11.5 Å². The minimum atomic E-state index is -0.341. The topological polar surface area (TPSA) is 68.5 Å². The van der Waals surface area contributed by atoms with Gasteiger partial charge in [-0.05, 0) is 64.5 Å². The minimum Gasteiger partial charge on any atom is -0.469 e. The zero-order valence-corrected chi connectivity index (χ0v) is 15.4. The van der Waals surface area contributed by atoms with Gasteiger partial charge in [-0.25, -0.2) is 0 Å². The van der Waals surface area contributed by atoms with Gasteiger partial charge >= 0.3 is 5.97 Å². The lowest BCUT2D eigenvalue weighted by atomic mass is 10.2. The van der Waals surface area contributed by atoms with Crippen LogP contribution in [-0.4, -0.2) is 11.9 Å². The van der Waals surface area contributed by atoms with Crippen LogP contribution in [0.25, 0.3) is 0 Å². The van der Waals surface area contributed by atoms with Crippen LogP contribution in [0.3, 0.4) is 0 Å². The van der Waals surface area contributed by atoms with E-state index in [1.807, 2.05) is 12.1 Å². The van der Waals surface area contributed by atoms with Crippen LogP contribution >= 0.6 is 15.9 Å². The van der Waals surface area contributed by atoms with Gasteiger partial charge in [-0.2, -0.15) is 0 Å². The van der Waals surface area contributed by atoms with Crippen LogP contribution in [-0.2, 0) is 11.2 Å². The van der Waals surface area contributed by atoms with Crippen LogP contribution in [0, 0.1) is 0 Å². The van der Waals surface area contributed by atoms with E-state index in [1.165, 1.54) is 0 Å². The van der Waals surface area contributed by atoms with Crippen molar-refractivity contribution in [2.75, 3.05) is 5.32 Å². The summed E-state index contributed by atoms with van der Waals surface area (Å²) in [4.78, 5) is 24.1. The molecule has 3 rings (SSSR count). The number of anilines is 1. The normalized spacial score (nSPS) is 10.3. The molecule has 0 saturated heterocycles. The molecular weight excluding hydrogens is 398 g/mol. The van der Waals surface area contributed by atoms with Gasteiger partial charge in [-0.1, -0.05) is 12.1 Å². The third kappa shape index (κ3) is 4.83. The molecule has 0 unspecified atom stereocenters. The summed E-state index contributed by atoms with van der Waals surface area (Å²) in [6.45, 7) is 0. The average Bonchev–Trinajstić information content (AvgIpc) is 3.15. The van der Waals surface area contributed by atoms with Crippen molar-refractivity contribution < 1.29 is 18.7 Å². The minimum absolute atomic E-state index is 0.222. The molecule has 5 nitrogen and oxygen atoms in total. The zero-order chi connectivity index (χ0) is 18.4. The Morgan fingerprint density at radius 2 is 1.77 bits per heavy atom. The van der Waals surface area contributed by atoms with Gasteiger partial charge in [0, 0.05) is 16.6 Å². The molecule has 2 aromatic carbocycles. The molecule has 1 amide bonds. The van der Waals surface area contributed by atoms with Gasteiger partial charge in [0.05, 0.1) is 18.2 Å². The Morgan fingerprint density at radius 1 is 1.00 bits per heavy atom. The van der Waals surface area contributed by atoms with Crippen molar-refractivity contribution in [3.63, 3.8) is 0 Å². The summed E-state index contributed by atoms with van der Waals surface area (Å²) < 4.78 is 11.2. The van der Waals surface area contributed by atoms with Crippen LogP contribution in [0.2, 0.25) is 0 Å². The molecule has 132 valence electrons. The van der Waals surface area contributed by atoms with E-state index in [2.05, 4.69) is 21.2 Å². The largest absolute Gasteiger partial charge is 0.469 e. The van der Waals surface area contributed by atoms with E-state index in [0.29, 0.717) is 23.4 Å². The van der Waals surface area contributed by atoms with E-state index < -0.39 is 0 Å². The summed E-state index contributed by atoms with van der Waals surface area (Å²) in [5.74, 6) is 0.604. The molecule has 1 heterocycles. The van der Waals surface area contributed by atoms with Crippen LogP contribution in [0.15, 0.2) is 75.8 Å². The van der Waals surface area contributed by atoms with Crippen LogP contribution in [0.4, 0.5) is 5.69 Å². The number of halogens is 1. The molecule has 0 aliphatic carbocycles. The van der Waals surface area contributed by atoms with Crippen LogP contribution < -0.4 is 10.1 Å². The van der Waals surface area contributed by atoms with E-state index in [9.17, 15) is 9.59 Å². The van der Waals surface area contributed by atoms with Gasteiger partial charge in [-0.3, -0.25) is 9.59 Å². The number of furan rings is 1. The second-order valence-electron chi connectivity index (χ2n) is 5.51. The van der Waals surface area contributed by atoms with Crippen molar-refractivity contribution in [1.82, 2.24) is 0 Å². The standard InChI is InChI=1S/C20H16BrNO4/c21-18-6-2-1-5-17(18)20(24)22-14-7-9-16(10-8-14)26-19(23)12-11-15-4-3-13-25-15/h1-10,13H,11-12H2,(H,22,24). The molecule has 1 N–H and O–H groups in total. The molecule has 0 aliphatic heterocycles. The molecule has 0 spiro atoms. The predicted molar refractivity (Wildman–Crippen MR) is 101 cm³/mol. The fourth-order valence-electron chi connectivity index (χ4n) is 2.31. The lowest BCUT2D eigenvalue weighted by molar-refractivity contribution is -0.134. The maximum absolute atomic E-state index is 12.3. The van der Waals surface area contributed by atoms with Crippen LogP contribution in [0.1, 0.15) is 22.5 Å². The van der Waals surface area contributed by atoms with Gasteiger partial charge in [0.2, 0.25) is 0 Å². The molecule has 0 fully saturated rings. The fourth-order valence-corrected chi connectivity index (χ4v) is 2.78. The number of benzene rings is 2. The second kappa shape index (κ2) is 8.49. The monoisotopic (exact) mass is 413 g/mol. The maximum Gasteiger partial charge on any atom is 0.311 e. The summed E-state index contributed by atoms with van der Waals surface area (Å²) in [6, 6.07) is 17.4. The quantitative estimate of drug-likeness (QED) is 0.463. The number of nitrogens with one attached hydrogen (secondary N) is 1. The van der Waals surface area contributed by atoms with Gasteiger partial charge < -0.3 is 14.5 Å². The fraction of sp³-hybridized carbons (Fsp3) is 0.100. The van der Waals surface area contributed by atoms with E-state index in [-0.39, 0.29) is 18.3 Å². The van der Waals surface area contributed by atoms with E-state index in [4.69, 9.17) is 9.15 Å². The first-order chi connectivity index (χ1) is 12.6. The average molecular weight is 414 g/mol. The Hall–Kier alpha value is -2.86. The maximum atomic E-state index is 12.3. The first kappa shape index (κ1) is 17.9. The van der Waals surface area contributed by atoms with Crippen molar-refractivity contribution in [2.45, 2.75) is 12.8 Å². The van der Waals surface area contributed by atoms with Gasteiger partial charge in [-0.15, -0.1) is 0 Å². The van der Waals surface area contributed by atoms with Crippen LogP contribution in [0.5, 0.6) is 5.75 Å². The molecule has 1 aromatic heterocycles.